The molecule has 1 unspecified atom stereocenters. The van der Waals surface area contributed by atoms with Crippen molar-refractivity contribution in [1.29, 1.82) is 0 Å². The number of hydrogen-bond donors (Lipinski definition) is 2. The lowest BCUT2D eigenvalue weighted by atomic mass is 10.1. The number of nitro groups is 1. The zero-order valence-electron chi connectivity index (χ0n) is 10.4. The van der Waals surface area contributed by atoms with Crippen LogP contribution in [0.4, 0.5) is 10.1 Å². The molecule has 0 saturated carbocycles. The van der Waals surface area contributed by atoms with Crippen molar-refractivity contribution < 1.29 is 19.2 Å². The monoisotopic (exact) mass is 270 g/mol. The van der Waals surface area contributed by atoms with Crippen LogP contribution in [0.25, 0.3) is 0 Å². The van der Waals surface area contributed by atoms with Gasteiger partial charge in [-0.2, -0.15) is 0 Å². The minimum Gasteiger partial charge on any atom is -0.393 e. The van der Waals surface area contributed by atoms with Gasteiger partial charge in [0.15, 0.2) is 0 Å². The van der Waals surface area contributed by atoms with Gasteiger partial charge < -0.3 is 10.4 Å². The minimum atomic E-state index is -0.830. The largest absolute Gasteiger partial charge is 0.393 e. The fraction of sp³-hybridized carbons (Fsp3) is 0.417. The van der Waals surface area contributed by atoms with E-state index < -0.39 is 28.4 Å². The molecular formula is C12H15FN2O4. The Morgan fingerprint density at radius 3 is 2.79 bits per heavy atom. The molecular weight excluding hydrogens is 255 g/mol. The highest BCUT2D eigenvalue weighted by atomic mass is 19.1. The number of non-ortho nitro benzene ring substituents is 1. The molecule has 0 saturated heterocycles. The summed E-state index contributed by atoms with van der Waals surface area (Å²) in [5, 5.41) is 22.1. The van der Waals surface area contributed by atoms with Gasteiger partial charge in [-0.05, 0) is 25.8 Å². The summed E-state index contributed by atoms with van der Waals surface area (Å²) in [4.78, 5) is 21.4. The zero-order chi connectivity index (χ0) is 14.4. The Hall–Kier alpha value is -2.02. The molecule has 1 aromatic rings. The predicted octanol–water partition coefficient (Wildman–Crippen LogP) is 1.62. The predicted molar refractivity (Wildman–Crippen MR) is 66.3 cm³/mol. The number of amides is 1. The third-order valence-corrected chi connectivity index (χ3v) is 2.44. The van der Waals surface area contributed by atoms with Crippen LogP contribution >= 0.6 is 0 Å². The summed E-state index contributed by atoms with van der Waals surface area (Å²) >= 11 is 0. The summed E-state index contributed by atoms with van der Waals surface area (Å²) < 4.78 is 13.1. The van der Waals surface area contributed by atoms with Crippen molar-refractivity contribution in [3.63, 3.8) is 0 Å². The number of halogens is 1. The molecule has 0 fully saturated rings. The van der Waals surface area contributed by atoms with Crippen molar-refractivity contribution in [2.75, 3.05) is 6.54 Å². The molecule has 19 heavy (non-hydrogen) atoms. The number of nitrogens with zero attached hydrogens (tertiary/aromatic N) is 1. The highest BCUT2D eigenvalue weighted by Gasteiger charge is 2.14. The van der Waals surface area contributed by atoms with E-state index in [1.165, 1.54) is 0 Å². The molecule has 0 aromatic heterocycles. The molecule has 104 valence electrons. The topological polar surface area (TPSA) is 92.5 Å². The average molecular weight is 270 g/mol. The number of nitro benzene ring substituents is 1. The van der Waals surface area contributed by atoms with Crippen LogP contribution in [-0.2, 0) is 0 Å². The van der Waals surface area contributed by atoms with E-state index in [2.05, 4.69) is 5.32 Å². The first-order chi connectivity index (χ1) is 8.90. The molecule has 0 aliphatic rings. The fourth-order valence-electron chi connectivity index (χ4n) is 1.51. The van der Waals surface area contributed by atoms with Gasteiger partial charge in [-0.15, -0.1) is 0 Å². The van der Waals surface area contributed by atoms with Gasteiger partial charge in [0.2, 0.25) is 0 Å². The maximum Gasteiger partial charge on any atom is 0.273 e. The lowest BCUT2D eigenvalue weighted by Gasteiger charge is -2.06. The molecule has 0 bridgehead atoms. The third kappa shape index (κ3) is 5.01. The first kappa shape index (κ1) is 15.0. The van der Waals surface area contributed by atoms with Crippen LogP contribution in [0, 0.1) is 15.9 Å². The Morgan fingerprint density at radius 1 is 1.53 bits per heavy atom. The Morgan fingerprint density at radius 2 is 2.21 bits per heavy atom. The van der Waals surface area contributed by atoms with Gasteiger partial charge >= 0.3 is 0 Å². The van der Waals surface area contributed by atoms with Gasteiger partial charge in [0.05, 0.1) is 17.1 Å². The van der Waals surface area contributed by atoms with Crippen LogP contribution in [0.3, 0.4) is 0 Å². The number of aliphatic hydroxyl groups excluding tert-OH is 1. The standard InChI is InChI=1S/C12H15FN2O4/c1-8(16)3-2-4-14-12(17)9-5-10(13)7-11(6-9)15(18)19/h5-8,16H,2-4H2,1H3,(H,14,17). The molecule has 1 rings (SSSR count). The van der Waals surface area contributed by atoms with Crippen molar-refractivity contribution >= 4 is 11.6 Å². The summed E-state index contributed by atoms with van der Waals surface area (Å²) in [5.74, 6) is -1.41. The Labute approximate surface area is 109 Å². The Bertz CT molecular complexity index is 477. The number of carbonyl (C=O) groups is 1. The smallest absolute Gasteiger partial charge is 0.273 e. The van der Waals surface area contributed by atoms with Crippen LogP contribution < -0.4 is 5.32 Å². The molecule has 0 spiro atoms. The second kappa shape index (κ2) is 6.79. The van der Waals surface area contributed by atoms with Crippen LogP contribution in [-0.4, -0.2) is 28.6 Å². The normalized spacial score (nSPS) is 11.9. The zero-order valence-corrected chi connectivity index (χ0v) is 10.4. The molecule has 0 aliphatic carbocycles. The maximum absolute atomic E-state index is 13.1. The molecule has 1 aromatic carbocycles. The van der Waals surface area contributed by atoms with E-state index in [9.17, 15) is 19.3 Å². The first-order valence-electron chi connectivity index (χ1n) is 5.81. The van der Waals surface area contributed by atoms with Crippen molar-refractivity contribution in [2.24, 2.45) is 0 Å². The van der Waals surface area contributed by atoms with E-state index in [4.69, 9.17) is 5.11 Å². The van der Waals surface area contributed by atoms with E-state index >= 15 is 0 Å². The summed E-state index contributed by atoms with van der Waals surface area (Å²) in [7, 11) is 0. The molecule has 0 heterocycles. The molecule has 6 nitrogen and oxygen atoms in total. The van der Waals surface area contributed by atoms with Crippen molar-refractivity contribution in [3.05, 3.63) is 39.7 Å². The van der Waals surface area contributed by atoms with Gasteiger partial charge in [-0.1, -0.05) is 0 Å². The van der Waals surface area contributed by atoms with E-state index in [1.54, 1.807) is 6.92 Å². The number of carbonyl (C=O) groups excluding carboxylic acids is 1. The maximum atomic E-state index is 13.1. The summed E-state index contributed by atoms with van der Waals surface area (Å²) in [6.07, 6.45) is 0.650. The first-order valence-corrected chi connectivity index (χ1v) is 5.81. The second-order valence-electron chi connectivity index (χ2n) is 4.20. The van der Waals surface area contributed by atoms with Crippen molar-refractivity contribution in [1.82, 2.24) is 5.32 Å². The molecule has 7 heteroatoms. The number of rotatable bonds is 6. The van der Waals surface area contributed by atoms with E-state index in [0.29, 0.717) is 19.4 Å². The second-order valence-corrected chi connectivity index (χ2v) is 4.20. The number of benzene rings is 1. The SMILES string of the molecule is CC(O)CCCNC(=O)c1cc(F)cc([N+](=O)[O-])c1. The van der Waals surface area contributed by atoms with Gasteiger partial charge in [0.1, 0.15) is 5.82 Å². The minimum absolute atomic E-state index is 0.0938. The number of hydrogen-bond acceptors (Lipinski definition) is 4. The number of aliphatic hydroxyl groups is 1. The average Bonchev–Trinajstić information content (AvgIpc) is 2.33. The summed E-state index contributed by atoms with van der Waals surface area (Å²) in [5.41, 5.74) is -0.558. The van der Waals surface area contributed by atoms with Gasteiger partial charge in [0.25, 0.3) is 11.6 Å². The van der Waals surface area contributed by atoms with Crippen molar-refractivity contribution in [2.45, 2.75) is 25.9 Å². The lowest BCUT2D eigenvalue weighted by Crippen LogP contribution is -2.25. The highest BCUT2D eigenvalue weighted by molar-refractivity contribution is 5.94. The van der Waals surface area contributed by atoms with Crippen LogP contribution in [0.1, 0.15) is 30.1 Å². The van der Waals surface area contributed by atoms with Gasteiger partial charge in [0, 0.05) is 18.2 Å². The quantitative estimate of drug-likeness (QED) is 0.466. The van der Waals surface area contributed by atoms with Crippen LogP contribution in [0.15, 0.2) is 18.2 Å². The molecule has 1 amide bonds. The highest BCUT2D eigenvalue weighted by Crippen LogP contribution is 2.16. The molecule has 0 radical (unpaired) electrons. The third-order valence-electron chi connectivity index (χ3n) is 2.44. The molecule has 2 N–H and O–H groups in total. The van der Waals surface area contributed by atoms with Gasteiger partial charge in [-0.3, -0.25) is 14.9 Å². The van der Waals surface area contributed by atoms with Crippen LogP contribution in [0.2, 0.25) is 0 Å². The Kier molecular flexibility index (Phi) is 5.37. The summed E-state index contributed by atoms with van der Waals surface area (Å²) in [6.45, 7) is 1.95. The van der Waals surface area contributed by atoms with E-state index in [0.717, 1.165) is 18.2 Å². The molecule has 1 atom stereocenters. The lowest BCUT2D eigenvalue weighted by molar-refractivity contribution is -0.385. The van der Waals surface area contributed by atoms with E-state index in [1.807, 2.05) is 0 Å². The fourth-order valence-corrected chi connectivity index (χ4v) is 1.51. The number of nitrogens with one attached hydrogen (secondary N) is 1. The summed E-state index contributed by atoms with van der Waals surface area (Å²) in [6, 6.07) is 2.72. The van der Waals surface area contributed by atoms with Crippen LogP contribution in [0.5, 0.6) is 0 Å². The van der Waals surface area contributed by atoms with Crippen molar-refractivity contribution in [3.8, 4) is 0 Å². The molecule has 0 aliphatic heterocycles. The van der Waals surface area contributed by atoms with Gasteiger partial charge in [-0.25, -0.2) is 4.39 Å². The Balaban J connectivity index is 2.64. The van der Waals surface area contributed by atoms with E-state index in [-0.39, 0.29) is 5.56 Å².